The second kappa shape index (κ2) is 5.40. The Morgan fingerprint density at radius 1 is 1.64 bits per heavy atom. The molecule has 5 nitrogen and oxygen atoms in total. The van der Waals surface area contributed by atoms with Crippen molar-refractivity contribution in [3.63, 3.8) is 0 Å². The van der Waals surface area contributed by atoms with Crippen LogP contribution in [0.1, 0.15) is 13.8 Å². The molecule has 0 aliphatic carbocycles. The van der Waals surface area contributed by atoms with E-state index >= 15 is 0 Å². The van der Waals surface area contributed by atoms with Crippen LogP contribution >= 0.6 is 0 Å². The molecular formula is C6H9NO4. The third-order valence-electron chi connectivity index (χ3n) is 0.697. The van der Waals surface area contributed by atoms with E-state index in [0.29, 0.717) is 6.29 Å². The molecule has 0 amide bonds. The molecular weight excluding hydrogens is 150 g/mol. The molecule has 0 radical (unpaired) electrons. The van der Waals surface area contributed by atoms with E-state index in [4.69, 9.17) is 0 Å². The molecule has 62 valence electrons. The van der Waals surface area contributed by atoms with E-state index in [1.165, 1.54) is 6.92 Å². The average Bonchev–Trinajstić information content (AvgIpc) is 2.01. The van der Waals surface area contributed by atoms with Gasteiger partial charge in [0.25, 0.3) is 0 Å². The Morgan fingerprint density at radius 3 is 2.73 bits per heavy atom. The van der Waals surface area contributed by atoms with Gasteiger partial charge in [-0.3, -0.25) is 9.63 Å². The second-order valence-corrected chi connectivity index (χ2v) is 1.62. The SMILES string of the molecule is CCOC(=O)ON=C(C)C=O. The summed E-state index contributed by atoms with van der Waals surface area (Å²) < 4.78 is 4.35. The normalized spacial score (nSPS) is 10.5. The summed E-state index contributed by atoms with van der Waals surface area (Å²) in [7, 11) is 0. The molecule has 0 atom stereocenters. The molecule has 0 saturated carbocycles. The molecule has 0 bridgehead atoms. The van der Waals surface area contributed by atoms with Crippen LogP contribution in [0.15, 0.2) is 5.16 Å². The number of hydrogen-bond acceptors (Lipinski definition) is 5. The fourth-order valence-electron chi connectivity index (χ4n) is 0.275. The van der Waals surface area contributed by atoms with Crippen molar-refractivity contribution in [1.82, 2.24) is 0 Å². The minimum absolute atomic E-state index is 0.0815. The van der Waals surface area contributed by atoms with Crippen LogP contribution in [-0.4, -0.2) is 24.8 Å². The molecule has 0 heterocycles. The van der Waals surface area contributed by atoms with Gasteiger partial charge >= 0.3 is 6.16 Å². The molecule has 0 rings (SSSR count). The van der Waals surface area contributed by atoms with Crippen molar-refractivity contribution in [2.45, 2.75) is 13.8 Å². The van der Waals surface area contributed by atoms with Gasteiger partial charge in [0, 0.05) is 0 Å². The number of oxime groups is 1. The summed E-state index contributed by atoms with van der Waals surface area (Å²) >= 11 is 0. The number of rotatable bonds is 3. The predicted molar refractivity (Wildman–Crippen MR) is 37.3 cm³/mol. The first-order valence-corrected chi connectivity index (χ1v) is 3.04. The van der Waals surface area contributed by atoms with E-state index in [-0.39, 0.29) is 12.3 Å². The van der Waals surface area contributed by atoms with Gasteiger partial charge in [0.2, 0.25) is 0 Å². The lowest BCUT2D eigenvalue weighted by molar-refractivity contribution is -0.102. The zero-order valence-corrected chi connectivity index (χ0v) is 6.36. The number of carbonyl (C=O) groups excluding carboxylic acids is 2. The van der Waals surface area contributed by atoms with Crippen LogP contribution in [0, 0.1) is 0 Å². The quantitative estimate of drug-likeness (QED) is 0.200. The topological polar surface area (TPSA) is 65.0 Å². The summed E-state index contributed by atoms with van der Waals surface area (Å²) in [5, 5.41) is 3.14. The van der Waals surface area contributed by atoms with E-state index in [1.807, 2.05) is 0 Å². The number of aldehydes is 1. The number of ether oxygens (including phenoxy) is 1. The average molecular weight is 159 g/mol. The van der Waals surface area contributed by atoms with Crippen LogP contribution in [-0.2, 0) is 14.4 Å². The van der Waals surface area contributed by atoms with Gasteiger partial charge in [0.05, 0.1) is 6.61 Å². The minimum Gasteiger partial charge on any atom is -0.433 e. The summed E-state index contributed by atoms with van der Waals surface area (Å²) in [4.78, 5) is 24.4. The molecule has 0 aromatic heterocycles. The van der Waals surface area contributed by atoms with Gasteiger partial charge in [-0.2, -0.15) is 0 Å². The predicted octanol–water partition coefficient (Wildman–Crippen LogP) is 0.734. The van der Waals surface area contributed by atoms with Crippen molar-refractivity contribution in [1.29, 1.82) is 0 Å². The lowest BCUT2D eigenvalue weighted by Gasteiger charge is -1.95. The van der Waals surface area contributed by atoms with E-state index in [9.17, 15) is 9.59 Å². The molecule has 0 aromatic rings. The Bertz CT molecular complexity index is 175. The van der Waals surface area contributed by atoms with Crippen LogP contribution in [0.25, 0.3) is 0 Å². The van der Waals surface area contributed by atoms with Gasteiger partial charge in [0.15, 0.2) is 6.29 Å². The van der Waals surface area contributed by atoms with E-state index in [2.05, 4.69) is 14.7 Å². The lowest BCUT2D eigenvalue weighted by Crippen LogP contribution is -2.05. The molecule has 0 aliphatic heterocycles. The van der Waals surface area contributed by atoms with Gasteiger partial charge in [-0.1, -0.05) is 5.16 Å². The lowest BCUT2D eigenvalue weighted by atomic mass is 10.5. The van der Waals surface area contributed by atoms with Crippen LogP contribution in [0.2, 0.25) is 0 Å². The molecule has 0 saturated heterocycles. The summed E-state index contributed by atoms with van der Waals surface area (Å²) in [6, 6.07) is 0. The molecule has 0 fully saturated rings. The maximum absolute atomic E-state index is 10.4. The van der Waals surface area contributed by atoms with Crippen molar-refractivity contribution in [2.75, 3.05) is 6.61 Å². The first-order chi connectivity index (χ1) is 5.20. The number of carbonyl (C=O) groups is 2. The third-order valence-corrected chi connectivity index (χ3v) is 0.697. The number of hydrogen-bond donors (Lipinski definition) is 0. The Kier molecular flexibility index (Phi) is 4.72. The van der Waals surface area contributed by atoms with E-state index in [1.54, 1.807) is 6.92 Å². The van der Waals surface area contributed by atoms with Crippen LogP contribution in [0.5, 0.6) is 0 Å². The molecule has 5 heteroatoms. The van der Waals surface area contributed by atoms with Gasteiger partial charge in [-0.25, -0.2) is 4.79 Å². The molecule has 0 aliphatic rings. The highest BCUT2D eigenvalue weighted by molar-refractivity contribution is 6.26. The Balaban J connectivity index is 3.68. The van der Waals surface area contributed by atoms with Crippen molar-refractivity contribution >= 4 is 18.2 Å². The second-order valence-electron chi connectivity index (χ2n) is 1.62. The van der Waals surface area contributed by atoms with Crippen LogP contribution in [0.3, 0.4) is 0 Å². The van der Waals surface area contributed by atoms with Crippen LogP contribution < -0.4 is 0 Å². The van der Waals surface area contributed by atoms with Crippen molar-refractivity contribution < 1.29 is 19.2 Å². The molecule has 11 heavy (non-hydrogen) atoms. The highest BCUT2D eigenvalue weighted by atomic mass is 16.8. The van der Waals surface area contributed by atoms with Gasteiger partial charge in [0.1, 0.15) is 5.71 Å². The van der Waals surface area contributed by atoms with Gasteiger partial charge in [-0.05, 0) is 13.8 Å². The summed E-state index contributed by atoms with van der Waals surface area (Å²) in [6.07, 6.45) is -0.437. The maximum Gasteiger partial charge on any atom is 0.535 e. The Labute approximate surface area is 64.0 Å². The standard InChI is InChI=1S/C6H9NO4/c1-3-10-6(9)11-7-5(2)4-8/h4H,3H2,1-2H3. The maximum atomic E-state index is 10.4. The summed E-state index contributed by atoms with van der Waals surface area (Å²) in [5.41, 5.74) is 0.0815. The fraction of sp³-hybridized carbons (Fsp3) is 0.500. The highest BCUT2D eigenvalue weighted by Gasteiger charge is 2.00. The third kappa shape index (κ3) is 5.07. The van der Waals surface area contributed by atoms with Crippen molar-refractivity contribution in [3.8, 4) is 0 Å². The smallest absolute Gasteiger partial charge is 0.433 e. The summed E-state index contributed by atoms with van der Waals surface area (Å²) in [5.74, 6) is 0. The molecule has 0 spiro atoms. The zero-order chi connectivity index (χ0) is 8.69. The minimum atomic E-state index is -0.909. The Morgan fingerprint density at radius 2 is 2.27 bits per heavy atom. The van der Waals surface area contributed by atoms with Crippen molar-refractivity contribution in [2.24, 2.45) is 5.16 Å². The summed E-state index contributed by atoms with van der Waals surface area (Å²) in [6.45, 7) is 3.26. The number of nitrogens with zero attached hydrogens (tertiary/aromatic N) is 1. The first kappa shape index (κ1) is 9.61. The molecule has 0 N–H and O–H groups in total. The first-order valence-electron chi connectivity index (χ1n) is 3.04. The van der Waals surface area contributed by atoms with Gasteiger partial charge < -0.3 is 4.74 Å². The fourth-order valence-corrected chi connectivity index (χ4v) is 0.275. The van der Waals surface area contributed by atoms with Gasteiger partial charge in [-0.15, -0.1) is 0 Å². The molecule has 0 aromatic carbocycles. The van der Waals surface area contributed by atoms with E-state index < -0.39 is 6.16 Å². The monoisotopic (exact) mass is 159 g/mol. The largest absolute Gasteiger partial charge is 0.535 e. The zero-order valence-electron chi connectivity index (χ0n) is 6.36. The molecule has 0 unspecified atom stereocenters. The highest BCUT2D eigenvalue weighted by Crippen LogP contribution is 1.85. The van der Waals surface area contributed by atoms with Crippen molar-refractivity contribution in [3.05, 3.63) is 0 Å². The Hall–Kier alpha value is -1.39. The van der Waals surface area contributed by atoms with E-state index in [0.717, 1.165) is 0 Å². The van der Waals surface area contributed by atoms with Crippen LogP contribution in [0.4, 0.5) is 4.79 Å².